The molecular formula is C9H17BrN2. The topological polar surface area (TPSA) is 24.1 Å². The fourth-order valence-corrected chi connectivity index (χ4v) is 1.68. The van der Waals surface area contributed by atoms with Crippen LogP contribution in [0.2, 0.25) is 0 Å². The van der Waals surface area contributed by atoms with Crippen molar-refractivity contribution in [2.45, 2.75) is 25.3 Å². The van der Waals surface area contributed by atoms with Gasteiger partial charge in [0.2, 0.25) is 0 Å². The molecule has 1 fully saturated rings. The average Bonchev–Trinajstić information content (AvgIpc) is 2.05. The van der Waals surface area contributed by atoms with E-state index in [1.54, 1.807) is 0 Å². The highest BCUT2D eigenvalue weighted by molar-refractivity contribution is 9.11. The average molecular weight is 233 g/mol. The Kier molecular flexibility index (Phi) is 4.88. The van der Waals surface area contributed by atoms with Crippen LogP contribution in [0.4, 0.5) is 0 Å². The maximum Gasteiger partial charge on any atom is 0.0266 e. The Bertz CT molecular complexity index is 141. The maximum atomic E-state index is 3.77. The Morgan fingerprint density at radius 3 is 3.00 bits per heavy atom. The van der Waals surface area contributed by atoms with Gasteiger partial charge in [0.05, 0.1) is 0 Å². The molecule has 70 valence electrons. The van der Waals surface area contributed by atoms with E-state index in [1.165, 1.54) is 25.8 Å². The third-order valence-electron chi connectivity index (χ3n) is 2.12. The van der Waals surface area contributed by atoms with Crippen LogP contribution in [0, 0.1) is 0 Å². The SMILES string of the molecule is C=C(Br)CNCC1CCCCN1. The molecule has 2 N–H and O–H groups in total. The summed E-state index contributed by atoms with van der Waals surface area (Å²) in [4.78, 5) is 0. The lowest BCUT2D eigenvalue weighted by atomic mass is 10.1. The summed E-state index contributed by atoms with van der Waals surface area (Å²) in [7, 11) is 0. The van der Waals surface area contributed by atoms with Crippen molar-refractivity contribution in [2.24, 2.45) is 0 Å². The quantitative estimate of drug-likeness (QED) is 0.771. The minimum Gasteiger partial charge on any atom is -0.313 e. The van der Waals surface area contributed by atoms with Gasteiger partial charge in [0, 0.05) is 23.6 Å². The largest absolute Gasteiger partial charge is 0.313 e. The van der Waals surface area contributed by atoms with E-state index in [9.17, 15) is 0 Å². The van der Waals surface area contributed by atoms with E-state index >= 15 is 0 Å². The Morgan fingerprint density at radius 2 is 2.42 bits per heavy atom. The first-order valence-electron chi connectivity index (χ1n) is 4.56. The van der Waals surface area contributed by atoms with Gasteiger partial charge in [-0.15, -0.1) is 0 Å². The number of hydrogen-bond donors (Lipinski definition) is 2. The van der Waals surface area contributed by atoms with Crippen molar-refractivity contribution in [3.63, 3.8) is 0 Å². The summed E-state index contributed by atoms with van der Waals surface area (Å²) in [6, 6.07) is 0.672. The Balaban J connectivity index is 2.01. The van der Waals surface area contributed by atoms with Crippen molar-refractivity contribution in [1.82, 2.24) is 10.6 Å². The third-order valence-corrected chi connectivity index (χ3v) is 2.40. The van der Waals surface area contributed by atoms with E-state index in [0.29, 0.717) is 6.04 Å². The molecule has 0 radical (unpaired) electrons. The lowest BCUT2D eigenvalue weighted by Gasteiger charge is -2.23. The first-order valence-corrected chi connectivity index (χ1v) is 5.35. The summed E-state index contributed by atoms with van der Waals surface area (Å²) in [5.74, 6) is 0. The summed E-state index contributed by atoms with van der Waals surface area (Å²) in [5, 5.41) is 6.83. The van der Waals surface area contributed by atoms with Gasteiger partial charge >= 0.3 is 0 Å². The van der Waals surface area contributed by atoms with Crippen molar-refractivity contribution in [1.29, 1.82) is 0 Å². The molecule has 1 atom stereocenters. The van der Waals surface area contributed by atoms with Crippen LogP contribution in [0.5, 0.6) is 0 Å². The van der Waals surface area contributed by atoms with Gasteiger partial charge in [-0.3, -0.25) is 0 Å². The molecule has 1 saturated heterocycles. The summed E-state index contributed by atoms with van der Waals surface area (Å²) in [5.41, 5.74) is 0. The standard InChI is InChI=1S/C9H17BrN2/c1-8(10)6-11-7-9-4-2-3-5-12-9/h9,11-12H,1-7H2. The monoisotopic (exact) mass is 232 g/mol. The minimum absolute atomic E-state index is 0.672. The second kappa shape index (κ2) is 5.73. The lowest BCUT2D eigenvalue weighted by molar-refractivity contribution is 0.388. The van der Waals surface area contributed by atoms with Crippen LogP contribution in [-0.4, -0.2) is 25.7 Å². The van der Waals surface area contributed by atoms with Crippen molar-refractivity contribution in [2.75, 3.05) is 19.6 Å². The molecule has 0 bridgehead atoms. The highest BCUT2D eigenvalue weighted by Gasteiger charge is 2.10. The van der Waals surface area contributed by atoms with Gasteiger partial charge in [0.15, 0.2) is 0 Å². The molecule has 0 aromatic rings. The Hall–Kier alpha value is 0.140. The number of rotatable bonds is 4. The van der Waals surface area contributed by atoms with E-state index in [-0.39, 0.29) is 0 Å². The molecule has 1 aliphatic rings. The van der Waals surface area contributed by atoms with Gasteiger partial charge < -0.3 is 10.6 Å². The van der Waals surface area contributed by atoms with Crippen LogP contribution in [-0.2, 0) is 0 Å². The van der Waals surface area contributed by atoms with Crippen molar-refractivity contribution < 1.29 is 0 Å². The van der Waals surface area contributed by atoms with Gasteiger partial charge in [0.25, 0.3) is 0 Å². The van der Waals surface area contributed by atoms with Gasteiger partial charge in [0.1, 0.15) is 0 Å². The van der Waals surface area contributed by atoms with Crippen LogP contribution in [0.1, 0.15) is 19.3 Å². The molecule has 0 aliphatic carbocycles. The molecule has 0 aromatic carbocycles. The van der Waals surface area contributed by atoms with Crippen molar-refractivity contribution in [3.8, 4) is 0 Å². The van der Waals surface area contributed by atoms with Crippen LogP contribution < -0.4 is 10.6 Å². The molecular weight excluding hydrogens is 216 g/mol. The first kappa shape index (κ1) is 10.2. The molecule has 1 rings (SSSR count). The van der Waals surface area contributed by atoms with E-state index in [0.717, 1.165) is 17.6 Å². The predicted molar refractivity (Wildman–Crippen MR) is 56.6 cm³/mol. The number of hydrogen-bond acceptors (Lipinski definition) is 2. The number of piperidine rings is 1. The molecule has 1 aliphatic heterocycles. The highest BCUT2D eigenvalue weighted by Crippen LogP contribution is 2.06. The normalized spacial score (nSPS) is 23.9. The first-order chi connectivity index (χ1) is 5.79. The summed E-state index contributed by atoms with van der Waals surface area (Å²) < 4.78 is 1.03. The van der Waals surface area contributed by atoms with E-state index in [1.807, 2.05) is 0 Å². The molecule has 12 heavy (non-hydrogen) atoms. The Labute approximate surface area is 82.9 Å². The second-order valence-electron chi connectivity index (χ2n) is 3.29. The zero-order valence-corrected chi connectivity index (χ0v) is 8.99. The van der Waals surface area contributed by atoms with E-state index < -0.39 is 0 Å². The lowest BCUT2D eigenvalue weighted by Crippen LogP contribution is -2.41. The molecule has 0 aromatic heterocycles. The van der Waals surface area contributed by atoms with Crippen molar-refractivity contribution in [3.05, 3.63) is 11.1 Å². The molecule has 3 heteroatoms. The van der Waals surface area contributed by atoms with Crippen LogP contribution in [0.25, 0.3) is 0 Å². The smallest absolute Gasteiger partial charge is 0.0266 e. The zero-order chi connectivity index (χ0) is 8.81. The second-order valence-corrected chi connectivity index (χ2v) is 4.42. The fourth-order valence-electron chi connectivity index (χ4n) is 1.48. The van der Waals surface area contributed by atoms with Gasteiger partial charge in [-0.05, 0) is 19.4 Å². The molecule has 2 nitrogen and oxygen atoms in total. The molecule has 0 amide bonds. The maximum absolute atomic E-state index is 3.77. The van der Waals surface area contributed by atoms with Gasteiger partial charge in [-0.1, -0.05) is 28.9 Å². The minimum atomic E-state index is 0.672. The molecule has 0 saturated carbocycles. The van der Waals surface area contributed by atoms with Gasteiger partial charge in [-0.2, -0.15) is 0 Å². The van der Waals surface area contributed by atoms with E-state index in [4.69, 9.17) is 0 Å². The van der Waals surface area contributed by atoms with Crippen molar-refractivity contribution >= 4 is 15.9 Å². The number of halogens is 1. The van der Waals surface area contributed by atoms with E-state index in [2.05, 4.69) is 33.1 Å². The van der Waals surface area contributed by atoms with Crippen LogP contribution >= 0.6 is 15.9 Å². The predicted octanol–water partition coefficient (Wildman–Crippen LogP) is 1.63. The van der Waals surface area contributed by atoms with Gasteiger partial charge in [-0.25, -0.2) is 0 Å². The Morgan fingerprint density at radius 1 is 1.58 bits per heavy atom. The molecule has 0 spiro atoms. The summed E-state index contributed by atoms with van der Waals surface area (Å²) in [6.07, 6.45) is 4.01. The summed E-state index contributed by atoms with van der Waals surface area (Å²) in [6.45, 7) is 6.89. The van der Waals surface area contributed by atoms with Crippen LogP contribution in [0.15, 0.2) is 11.1 Å². The molecule has 1 heterocycles. The fraction of sp³-hybridized carbons (Fsp3) is 0.778. The molecule has 1 unspecified atom stereocenters. The highest BCUT2D eigenvalue weighted by atomic mass is 79.9. The number of nitrogens with one attached hydrogen (secondary N) is 2. The zero-order valence-electron chi connectivity index (χ0n) is 7.41. The van der Waals surface area contributed by atoms with Crippen LogP contribution in [0.3, 0.4) is 0 Å². The third kappa shape index (κ3) is 4.24. The summed E-state index contributed by atoms with van der Waals surface area (Å²) >= 11 is 3.32.